The third-order valence-corrected chi connectivity index (χ3v) is 4.47. The smallest absolute Gasteiger partial charge is 0.259 e. The molecular weight excluding hydrogens is 342 g/mol. The van der Waals surface area contributed by atoms with Gasteiger partial charge in [-0.25, -0.2) is 0 Å². The van der Waals surface area contributed by atoms with E-state index in [-0.39, 0.29) is 0 Å². The van der Waals surface area contributed by atoms with E-state index in [1.54, 1.807) is 19.5 Å². The molecule has 0 amide bonds. The second-order valence-electron chi connectivity index (χ2n) is 6.27. The first-order valence-electron chi connectivity index (χ1n) is 8.47. The average molecular weight is 357 g/mol. The Morgan fingerprint density at radius 1 is 1.04 bits per heavy atom. The zero-order chi connectivity index (χ0) is 18.2. The van der Waals surface area contributed by atoms with Crippen molar-refractivity contribution in [3.05, 3.63) is 66.2 Å². The van der Waals surface area contributed by atoms with Gasteiger partial charge in [0.25, 0.3) is 5.89 Å². The minimum absolute atomic E-state index is 0.456. The van der Waals surface area contributed by atoms with Gasteiger partial charge in [0.15, 0.2) is 5.82 Å². The molecule has 2 aromatic carbocycles. The van der Waals surface area contributed by atoms with Crippen molar-refractivity contribution in [3.8, 4) is 17.2 Å². The predicted molar refractivity (Wildman–Crippen MR) is 100 cm³/mol. The summed E-state index contributed by atoms with van der Waals surface area (Å²) >= 11 is 0. The Labute approximate surface area is 154 Å². The molecule has 0 radical (unpaired) electrons. The number of pyridine rings is 1. The lowest BCUT2D eigenvalue weighted by atomic mass is 10.1. The van der Waals surface area contributed by atoms with Gasteiger partial charge in [0.2, 0.25) is 0 Å². The summed E-state index contributed by atoms with van der Waals surface area (Å²) in [5.41, 5.74) is 3.72. The Bertz CT molecular complexity index is 1260. The molecule has 0 aliphatic heterocycles. The Hall–Kier alpha value is -3.74. The van der Waals surface area contributed by atoms with Crippen LogP contribution in [0, 0.1) is 0 Å². The standard InChI is InChI=1S/C20H15N5O2/c1-26-16-5-4-13-8-15(10-21-17(13)9-16)20-23-19(25-27-20)7-12-2-3-14-11-22-24-18(14)6-12/h2-6,8-11H,7H2,1H3,(H,22,24). The molecule has 0 bridgehead atoms. The van der Waals surface area contributed by atoms with Gasteiger partial charge >= 0.3 is 0 Å². The molecule has 0 spiro atoms. The van der Waals surface area contributed by atoms with Gasteiger partial charge in [-0.2, -0.15) is 10.1 Å². The third-order valence-electron chi connectivity index (χ3n) is 4.47. The highest BCUT2D eigenvalue weighted by molar-refractivity contribution is 5.83. The normalized spacial score (nSPS) is 11.3. The van der Waals surface area contributed by atoms with Gasteiger partial charge in [-0.3, -0.25) is 10.1 Å². The van der Waals surface area contributed by atoms with Crippen LogP contribution in [0.2, 0.25) is 0 Å². The number of ether oxygens (including phenoxy) is 1. The highest BCUT2D eigenvalue weighted by Gasteiger charge is 2.11. The minimum Gasteiger partial charge on any atom is -0.497 e. The Balaban J connectivity index is 1.43. The summed E-state index contributed by atoms with van der Waals surface area (Å²) in [7, 11) is 1.64. The fraction of sp³-hybridized carbons (Fsp3) is 0.100. The van der Waals surface area contributed by atoms with Crippen LogP contribution in [0.3, 0.4) is 0 Å². The van der Waals surface area contributed by atoms with Crippen LogP contribution < -0.4 is 4.74 Å². The molecule has 1 N–H and O–H groups in total. The lowest BCUT2D eigenvalue weighted by Crippen LogP contribution is -1.91. The summed E-state index contributed by atoms with van der Waals surface area (Å²) in [6.07, 6.45) is 4.11. The number of hydrogen-bond donors (Lipinski definition) is 1. The first-order valence-corrected chi connectivity index (χ1v) is 8.47. The van der Waals surface area contributed by atoms with Crippen LogP contribution in [-0.4, -0.2) is 32.4 Å². The number of nitrogens with one attached hydrogen (secondary N) is 1. The van der Waals surface area contributed by atoms with Crippen molar-refractivity contribution in [2.75, 3.05) is 7.11 Å². The molecule has 27 heavy (non-hydrogen) atoms. The predicted octanol–water partition coefficient (Wildman–Crippen LogP) is 3.76. The summed E-state index contributed by atoms with van der Waals surface area (Å²) in [4.78, 5) is 8.98. The average Bonchev–Trinajstić information content (AvgIpc) is 3.36. The SMILES string of the molecule is COc1ccc2cc(-c3nc(Cc4ccc5cn[nH]c5c4)no3)cnc2c1. The highest BCUT2D eigenvalue weighted by Crippen LogP contribution is 2.25. The van der Waals surface area contributed by atoms with E-state index >= 15 is 0 Å². The summed E-state index contributed by atoms with van der Waals surface area (Å²) in [6, 6.07) is 13.8. The van der Waals surface area contributed by atoms with Crippen molar-refractivity contribution in [2.24, 2.45) is 0 Å². The van der Waals surface area contributed by atoms with E-state index in [4.69, 9.17) is 9.26 Å². The van der Waals surface area contributed by atoms with Crippen molar-refractivity contribution in [1.29, 1.82) is 0 Å². The van der Waals surface area contributed by atoms with Crippen molar-refractivity contribution >= 4 is 21.8 Å². The monoisotopic (exact) mass is 357 g/mol. The van der Waals surface area contributed by atoms with Crippen LogP contribution in [-0.2, 0) is 6.42 Å². The number of aromatic nitrogens is 5. The first-order chi connectivity index (χ1) is 13.3. The first kappa shape index (κ1) is 15.5. The van der Waals surface area contributed by atoms with E-state index < -0.39 is 0 Å². The highest BCUT2D eigenvalue weighted by atomic mass is 16.5. The molecule has 3 heterocycles. The van der Waals surface area contributed by atoms with Crippen molar-refractivity contribution < 1.29 is 9.26 Å². The fourth-order valence-corrected chi connectivity index (χ4v) is 3.06. The maximum atomic E-state index is 5.44. The Morgan fingerprint density at radius 3 is 2.89 bits per heavy atom. The molecule has 0 fully saturated rings. The lowest BCUT2D eigenvalue weighted by molar-refractivity contribution is 0.415. The van der Waals surface area contributed by atoms with E-state index in [2.05, 4.69) is 25.3 Å². The van der Waals surface area contributed by atoms with Crippen molar-refractivity contribution in [1.82, 2.24) is 25.3 Å². The third kappa shape index (κ3) is 2.89. The molecule has 0 unspecified atom stereocenters. The number of hydrogen-bond acceptors (Lipinski definition) is 6. The van der Waals surface area contributed by atoms with Gasteiger partial charge in [-0.1, -0.05) is 17.3 Å². The summed E-state index contributed by atoms with van der Waals surface area (Å²) < 4.78 is 10.7. The van der Waals surface area contributed by atoms with Gasteiger partial charge in [-0.05, 0) is 29.8 Å². The van der Waals surface area contributed by atoms with Gasteiger partial charge in [0.1, 0.15) is 5.75 Å². The minimum atomic E-state index is 0.456. The number of rotatable bonds is 4. The van der Waals surface area contributed by atoms with Gasteiger partial charge < -0.3 is 9.26 Å². The maximum absolute atomic E-state index is 5.44. The van der Waals surface area contributed by atoms with E-state index in [9.17, 15) is 0 Å². The number of aromatic amines is 1. The van der Waals surface area contributed by atoms with E-state index in [0.29, 0.717) is 18.1 Å². The molecule has 5 aromatic rings. The molecule has 0 aliphatic rings. The number of H-pyrrole nitrogens is 1. The molecule has 0 atom stereocenters. The fourth-order valence-electron chi connectivity index (χ4n) is 3.06. The molecule has 0 saturated carbocycles. The molecule has 132 valence electrons. The summed E-state index contributed by atoms with van der Waals surface area (Å²) in [5.74, 6) is 1.86. The van der Waals surface area contributed by atoms with Crippen LogP contribution in [0.15, 0.2) is 59.4 Å². The van der Waals surface area contributed by atoms with E-state index in [1.807, 2.05) is 42.5 Å². The molecule has 7 nitrogen and oxygen atoms in total. The van der Waals surface area contributed by atoms with Gasteiger partial charge in [-0.15, -0.1) is 0 Å². The molecular formula is C20H15N5O2. The number of fused-ring (bicyclic) bond motifs is 2. The zero-order valence-electron chi connectivity index (χ0n) is 14.5. The van der Waals surface area contributed by atoms with Crippen LogP contribution >= 0.6 is 0 Å². The maximum Gasteiger partial charge on any atom is 0.259 e. The van der Waals surface area contributed by atoms with Gasteiger partial charge in [0.05, 0.1) is 29.9 Å². The van der Waals surface area contributed by atoms with Gasteiger partial charge in [0, 0.05) is 29.5 Å². The van der Waals surface area contributed by atoms with Crippen LogP contribution in [0.4, 0.5) is 0 Å². The summed E-state index contributed by atoms with van der Waals surface area (Å²) in [5, 5.41) is 13.2. The largest absolute Gasteiger partial charge is 0.497 e. The van der Waals surface area contributed by atoms with Crippen molar-refractivity contribution in [2.45, 2.75) is 6.42 Å². The molecule has 5 rings (SSSR count). The number of methoxy groups -OCH3 is 1. The Morgan fingerprint density at radius 2 is 1.96 bits per heavy atom. The second kappa shape index (κ2) is 6.21. The number of benzene rings is 2. The zero-order valence-corrected chi connectivity index (χ0v) is 14.5. The number of nitrogens with zero attached hydrogens (tertiary/aromatic N) is 4. The molecule has 0 saturated heterocycles. The Kier molecular flexibility index (Phi) is 3.57. The van der Waals surface area contributed by atoms with Crippen molar-refractivity contribution in [3.63, 3.8) is 0 Å². The summed E-state index contributed by atoms with van der Waals surface area (Å²) in [6.45, 7) is 0. The molecule has 0 aliphatic carbocycles. The quantitative estimate of drug-likeness (QED) is 0.527. The topological polar surface area (TPSA) is 89.7 Å². The van der Waals surface area contributed by atoms with E-state index in [1.165, 1.54) is 0 Å². The molecule has 7 heteroatoms. The van der Waals surface area contributed by atoms with Crippen LogP contribution in [0.25, 0.3) is 33.3 Å². The van der Waals surface area contributed by atoms with Crippen LogP contribution in [0.1, 0.15) is 11.4 Å². The van der Waals surface area contributed by atoms with Crippen LogP contribution in [0.5, 0.6) is 5.75 Å². The lowest BCUT2D eigenvalue weighted by Gasteiger charge is -2.02. The van der Waals surface area contributed by atoms with E-state index in [0.717, 1.165) is 38.7 Å². The second-order valence-corrected chi connectivity index (χ2v) is 6.27. The molecule has 3 aromatic heterocycles.